The van der Waals surface area contributed by atoms with Crippen molar-refractivity contribution in [1.82, 2.24) is 4.98 Å². The van der Waals surface area contributed by atoms with Crippen LogP contribution in [-0.2, 0) is 4.74 Å². The van der Waals surface area contributed by atoms with Crippen LogP contribution in [0.2, 0.25) is 0 Å². The molecule has 18 heavy (non-hydrogen) atoms. The number of Topliss-reactive ketones (excluding diaryl/α,β-unsaturated/α-hetero) is 1. The highest BCUT2D eigenvalue weighted by Crippen LogP contribution is 2.34. The van der Waals surface area contributed by atoms with Gasteiger partial charge in [-0.2, -0.15) is 0 Å². The summed E-state index contributed by atoms with van der Waals surface area (Å²) in [6.45, 7) is 5.82. The fraction of sp³-hybridized carbons (Fsp3) is 0.538. The number of aromatic nitrogens is 1. The molecule has 0 amide bonds. The van der Waals surface area contributed by atoms with Crippen molar-refractivity contribution in [3.63, 3.8) is 0 Å². The van der Waals surface area contributed by atoms with Gasteiger partial charge in [-0.15, -0.1) is 0 Å². The molecule has 2 rings (SSSR count). The lowest BCUT2D eigenvalue weighted by atomic mass is 9.84. The van der Waals surface area contributed by atoms with Crippen molar-refractivity contribution in [3.05, 3.63) is 23.5 Å². The zero-order valence-corrected chi connectivity index (χ0v) is 10.6. The quantitative estimate of drug-likeness (QED) is 0.805. The molecule has 1 aliphatic heterocycles. The highest BCUT2D eigenvalue weighted by Gasteiger charge is 2.41. The van der Waals surface area contributed by atoms with Gasteiger partial charge in [0.2, 0.25) is 0 Å². The summed E-state index contributed by atoms with van der Waals surface area (Å²) < 4.78 is 5.64. The standard InChI is InChI=1S/C13H17NO4/c1-6-7(2)18-8(3)11(6)12(15)9-4-10(13(16)17)14-5-9/h4-8,11,14H,1-3H3,(H,16,17). The topological polar surface area (TPSA) is 79.4 Å². The molecule has 1 fully saturated rings. The summed E-state index contributed by atoms with van der Waals surface area (Å²) in [5.41, 5.74) is 0.444. The number of carbonyl (C=O) groups is 2. The summed E-state index contributed by atoms with van der Waals surface area (Å²) in [5.74, 6) is -1.19. The van der Waals surface area contributed by atoms with Gasteiger partial charge in [-0.05, 0) is 25.8 Å². The molecular formula is C13H17NO4. The number of aromatic amines is 1. The van der Waals surface area contributed by atoms with Crippen LogP contribution in [-0.4, -0.2) is 34.1 Å². The van der Waals surface area contributed by atoms with Crippen LogP contribution in [0, 0.1) is 11.8 Å². The number of ether oxygens (including phenoxy) is 1. The molecule has 1 aromatic rings. The molecule has 1 aliphatic rings. The molecule has 98 valence electrons. The molecule has 2 heterocycles. The van der Waals surface area contributed by atoms with Crippen molar-refractivity contribution in [2.75, 3.05) is 0 Å². The molecule has 4 atom stereocenters. The van der Waals surface area contributed by atoms with Crippen LogP contribution in [0.3, 0.4) is 0 Å². The lowest BCUT2D eigenvalue weighted by molar-refractivity contribution is 0.0491. The molecule has 4 unspecified atom stereocenters. The average molecular weight is 251 g/mol. The van der Waals surface area contributed by atoms with Crippen molar-refractivity contribution in [3.8, 4) is 0 Å². The molecular weight excluding hydrogens is 234 g/mol. The summed E-state index contributed by atoms with van der Waals surface area (Å²) in [5, 5.41) is 8.82. The van der Waals surface area contributed by atoms with Crippen molar-refractivity contribution in [2.24, 2.45) is 11.8 Å². The largest absolute Gasteiger partial charge is 0.477 e. The summed E-state index contributed by atoms with van der Waals surface area (Å²) in [6.07, 6.45) is 1.37. The molecule has 0 bridgehead atoms. The summed E-state index contributed by atoms with van der Waals surface area (Å²) >= 11 is 0. The number of ketones is 1. The molecule has 0 saturated carbocycles. The van der Waals surface area contributed by atoms with Crippen molar-refractivity contribution in [1.29, 1.82) is 0 Å². The van der Waals surface area contributed by atoms with Crippen molar-refractivity contribution < 1.29 is 19.4 Å². The van der Waals surface area contributed by atoms with Gasteiger partial charge in [0.05, 0.1) is 18.1 Å². The maximum Gasteiger partial charge on any atom is 0.352 e. The van der Waals surface area contributed by atoms with Crippen molar-refractivity contribution >= 4 is 11.8 Å². The zero-order chi connectivity index (χ0) is 13.4. The van der Waals surface area contributed by atoms with Gasteiger partial charge in [0, 0.05) is 11.8 Å². The SMILES string of the molecule is CC1OC(C)C(C(=O)c2c[nH]c(C(=O)O)c2)C1C. The molecule has 1 aromatic heterocycles. The number of carboxylic acids is 1. The normalized spacial score (nSPS) is 31.5. The van der Waals surface area contributed by atoms with Crippen LogP contribution >= 0.6 is 0 Å². The minimum absolute atomic E-state index is 0.0330. The van der Waals surface area contributed by atoms with Crippen molar-refractivity contribution in [2.45, 2.75) is 33.0 Å². The number of hydrogen-bond donors (Lipinski definition) is 2. The molecule has 0 radical (unpaired) electrons. The Morgan fingerprint density at radius 2 is 1.94 bits per heavy atom. The number of hydrogen-bond acceptors (Lipinski definition) is 3. The third kappa shape index (κ3) is 2.06. The second kappa shape index (κ2) is 4.57. The molecule has 0 aromatic carbocycles. The number of nitrogens with one attached hydrogen (secondary N) is 1. The van der Waals surface area contributed by atoms with Gasteiger partial charge in [-0.3, -0.25) is 4.79 Å². The van der Waals surface area contributed by atoms with E-state index in [9.17, 15) is 9.59 Å². The average Bonchev–Trinajstić information content (AvgIpc) is 2.85. The third-order valence-corrected chi connectivity index (χ3v) is 3.74. The van der Waals surface area contributed by atoms with E-state index >= 15 is 0 Å². The zero-order valence-electron chi connectivity index (χ0n) is 10.6. The van der Waals surface area contributed by atoms with Gasteiger partial charge in [0.25, 0.3) is 0 Å². The Morgan fingerprint density at radius 1 is 1.28 bits per heavy atom. The molecule has 1 saturated heterocycles. The second-order valence-electron chi connectivity index (χ2n) is 4.90. The van der Waals surface area contributed by atoms with E-state index in [0.29, 0.717) is 5.56 Å². The predicted molar refractivity (Wildman–Crippen MR) is 64.7 cm³/mol. The van der Waals surface area contributed by atoms with Gasteiger partial charge in [0.15, 0.2) is 5.78 Å². The van der Waals surface area contributed by atoms with Crippen LogP contribution in [0.1, 0.15) is 41.6 Å². The monoisotopic (exact) mass is 251 g/mol. The molecule has 0 spiro atoms. The van der Waals surface area contributed by atoms with Crippen LogP contribution in [0.5, 0.6) is 0 Å². The van der Waals surface area contributed by atoms with E-state index in [2.05, 4.69) is 4.98 Å². The lowest BCUT2D eigenvalue weighted by Crippen LogP contribution is -2.26. The third-order valence-electron chi connectivity index (χ3n) is 3.74. The van der Waals surface area contributed by atoms with Crippen LogP contribution in [0.4, 0.5) is 0 Å². The summed E-state index contributed by atoms with van der Waals surface area (Å²) in [7, 11) is 0. The first-order valence-corrected chi connectivity index (χ1v) is 6.03. The summed E-state index contributed by atoms with van der Waals surface area (Å²) in [4.78, 5) is 25.7. The van der Waals surface area contributed by atoms with E-state index in [1.165, 1.54) is 12.3 Å². The molecule has 5 nitrogen and oxygen atoms in total. The van der Waals surface area contributed by atoms with E-state index in [1.807, 2.05) is 20.8 Å². The minimum Gasteiger partial charge on any atom is -0.477 e. The highest BCUT2D eigenvalue weighted by atomic mass is 16.5. The van der Waals surface area contributed by atoms with Gasteiger partial charge in [0.1, 0.15) is 5.69 Å². The van der Waals surface area contributed by atoms with Crippen LogP contribution in [0.25, 0.3) is 0 Å². The Hall–Kier alpha value is -1.62. The number of H-pyrrole nitrogens is 1. The minimum atomic E-state index is -1.06. The maximum absolute atomic E-state index is 12.4. The van der Waals surface area contributed by atoms with Gasteiger partial charge in [-0.25, -0.2) is 4.79 Å². The fourth-order valence-corrected chi connectivity index (χ4v) is 2.57. The van der Waals surface area contributed by atoms with Crippen LogP contribution < -0.4 is 0 Å². The van der Waals surface area contributed by atoms with Gasteiger partial charge >= 0.3 is 5.97 Å². The molecule has 5 heteroatoms. The first-order chi connectivity index (χ1) is 8.41. The van der Waals surface area contributed by atoms with Gasteiger partial charge < -0.3 is 14.8 Å². The van der Waals surface area contributed by atoms with E-state index in [1.54, 1.807) is 0 Å². The Bertz CT molecular complexity index is 479. The Morgan fingerprint density at radius 3 is 2.39 bits per heavy atom. The van der Waals surface area contributed by atoms with E-state index in [4.69, 9.17) is 9.84 Å². The summed E-state index contributed by atoms with van der Waals surface area (Å²) in [6, 6.07) is 1.38. The first kappa shape index (κ1) is 12.8. The smallest absolute Gasteiger partial charge is 0.352 e. The highest BCUT2D eigenvalue weighted by molar-refractivity contribution is 6.00. The number of carbonyl (C=O) groups excluding carboxylic acids is 1. The lowest BCUT2D eigenvalue weighted by Gasteiger charge is -2.16. The molecule has 2 N–H and O–H groups in total. The van der Waals surface area contributed by atoms with Crippen LogP contribution in [0.15, 0.2) is 12.3 Å². The Balaban J connectivity index is 2.23. The fourth-order valence-electron chi connectivity index (χ4n) is 2.57. The number of rotatable bonds is 3. The second-order valence-corrected chi connectivity index (χ2v) is 4.90. The predicted octanol–water partition coefficient (Wildman–Crippen LogP) is 1.96. The molecule has 0 aliphatic carbocycles. The Kier molecular flexibility index (Phi) is 3.26. The Labute approximate surface area is 105 Å². The van der Waals surface area contributed by atoms with Gasteiger partial charge in [-0.1, -0.05) is 6.92 Å². The van der Waals surface area contributed by atoms with E-state index in [-0.39, 0.29) is 35.5 Å². The number of carboxylic acid groups (broad SMARTS) is 1. The maximum atomic E-state index is 12.4. The number of aromatic carboxylic acids is 1. The van der Waals surface area contributed by atoms with E-state index < -0.39 is 5.97 Å². The van der Waals surface area contributed by atoms with E-state index in [0.717, 1.165) is 0 Å². The first-order valence-electron chi connectivity index (χ1n) is 6.03.